The molecule has 2 aromatic rings. The Hall–Kier alpha value is -0.930. The normalized spacial score (nSPS) is 26.6. The number of aliphatic hydroxyl groups is 1. The maximum absolute atomic E-state index is 11.0. The summed E-state index contributed by atoms with van der Waals surface area (Å²) in [5.41, 5.74) is 0.529. The van der Waals surface area contributed by atoms with Crippen molar-refractivity contribution in [2.24, 2.45) is 11.8 Å². The summed E-state index contributed by atoms with van der Waals surface area (Å²) >= 11 is 1.73. The molecular formula is C18H25NOS. The highest BCUT2D eigenvalue weighted by Crippen LogP contribution is 2.38. The number of hydrogen-bond donors (Lipinski definition) is 1. The van der Waals surface area contributed by atoms with Gasteiger partial charge in [-0.25, -0.2) is 4.98 Å². The molecule has 2 unspecified atom stereocenters. The van der Waals surface area contributed by atoms with Crippen LogP contribution >= 0.6 is 11.3 Å². The number of para-hydroxylation sites is 1. The first kappa shape index (κ1) is 15.0. The van der Waals surface area contributed by atoms with E-state index >= 15 is 0 Å². The number of aromatic nitrogens is 1. The third-order valence-electron chi connectivity index (χ3n) is 4.55. The predicted octanol–water partition coefficient (Wildman–Crippen LogP) is 4.81. The van der Waals surface area contributed by atoms with Gasteiger partial charge < -0.3 is 5.11 Å². The van der Waals surface area contributed by atoms with Crippen LogP contribution in [-0.4, -0.2) is 15.7 Å². The monoisotopic (exact) mass is 303 g/mol. The molecule has 1 fully saturated rings. The first-order chi connectivity index (χ1) is 10.0. The van der Waals surface area contributed by atoms with E-state index in [9.17, 15) is 5.11 Å². The highest BCUT2D eigenvalue weighted by atomic mass is 32.1. The lowest BCUT2D eigenvalue weighted by Gasteiger charge is -2.37. The highest BCUT2D eigenvalue weighted by molar-refractivity contribution is 7.18. The average Bonchev–Trinajstić information content (AvgIpc) is 2.78. The molecular weight excluding hydrogens is 278 g/mol. The summed E-state index contributed by atoms with van der Waals surface area (Å²) in [7, 11) is 0. The van der Waals surface area contributed by atoms with Crippen LogP contribution in [0.1, 0.15) is 51.0 Å². The molecule has 0 radical (unpaired) electrons. The fourth-order valence-corrected chi connectivity index (χ4v) is 4.87. The van der Waals surface area contributed by atoms with Gasteiger partial charge in [0.2, 0.25) is 0 Å². The lowest BCUT2D eigenvalue weighted by Crippen LogP contribution is -2.37. The Morgan fingerprint density at radius 1 is 1.38 bits per heavy atom. The molecule has 1 heterocycles. The van der Waals surface area contributed by atoms with Gasteiger partial charge in [-0.15, -0.1) is 11.3 Å². The Kier molecular flexibility index (Phi) is 4.32. The second kappa shape index (κ2) is 6.05. The zero-order valence-corrected chi connectivity index (χ0v) is 13.8. The summed E-state index contributed by atoms with van der Waals surface area (Å²) in [6.07, 6.45) is 6.26. The SMILES string of the molecule is CC(C)CC1CCCC(O)(Cc2nc3ccccc3s2)C1. The molecule has 3 heteroatoms. The Balaban J connectivity index is 1.72. The Labute approximate surface area is 131 Å². The lowest BCUT2D eigenvalue weighted by molar-refractivity contribution is -0.0189. The molecule has 2 atom stereocenters. The fraction of sp³-hybridized carbons (Fsp3) is 0.611. The van der Waals surface area contributed by atoms with Crippen LogP contribution in [0, 0.1) is 11.8 Å². The molecule has 21 heavy (non-hydrogen) atoms. The Bertz CT molecular complexity index is 573. The van der Waals surface area contributed by atoms with Crippen LogP contribution in [0.15, 0.2) is 24.3 Å². The van der Waals surface area contributed by atoms with Crippen molar-refractivity contribution in [3.05, 3.63) is 29.3 Å². The molecule has 0 saturated heterocycles. The van der Waals surface area contributed by atoms with Crippen molar-refractivity contribution in [2.75, 3.05) is 0 Å². The summed E-state index contributed by atoms with van der Waals surface area (Å²) in [6, 6.07) is 8.25. The second-order valence-corrected chi connectivity index (χ2v) is 8.18. The van der Waals surface area contributed by atoms with Crippen molar-refractivity contribution < 1.29 is 5.11 Å². The van der Waals surface area contributed by atoms with Gasteiger partial charge >= 0.3 is 0 Å². The predicted molar refractivity (Wildman–Crippen MR) is 89.7 cm³/mol. The topological polar surface area (TPSA) is 33.1 Å². The van der Waals surface area contributed by atoms with E-state index in [0.29, 0.717) is 5.92 Å². The largest absolute Gasteiger partial charge is 0.389 e. The van der Waals surface area contributed by atoms with Gasteiger partial charge in [-0.2, -0.15) is 0 Å². The molecule has 1 aromatic heterocycles. The van der Waals surface area contributed by atoms with Gasteiger partial charge in [0.1, 0.15) is 0 Å². The summed E-state index contributed by atoms with van der Waals surface area (Å²) < 4.78 is 1.23. The summed E-state index contributed by atoms with van der Waals surface area (Å²) in [5.74, 6) is 1.40. The van der Waals surface area contributed by atoms with Gasteiger partial charge in [0.15, 0.2) is 0 Å². The molecule has 0 amide bonds. The van der Waals surface area contributed by atoms with Gasteiger partial charge in [0.25, 0.3) is 0 Å². The van der Waals surface area contributed by atoms with Crippen LogP contribution < -0.4 is 0 Å². The van der Waals surface area contributed by atoms with E-state index in [1.165, 1.54) is 17.5 Å². The first-order valence-corrected chi connectivity index (χ1v) is 8.92. The van der Waals surface area contributed by atoms with Gasteiger partial charge in [0, 0.05) is 6.42 Å². The van der Waals surface area contributed by atoms with E-state index in [2.05, 4.69) is 32.0 Å². The molecule has 1 aliphatic carbocycles. The van der Waals surface area contributed by atoms with Gasteiger partial charge in [-0.3, -0.25) is 0 Å². The zero-order valence-electron chi connectivity index (χ0n) is 13.0. The van der Waals surface area contributed by atoms with Crippen LogP contribution in [0.25, 0.3) is 10.2 Å². The molecule has 1 N–H and O–H groups in total. The van der Waals surface area contributed by atoms with Gasteiger partial charge in [-0.05, 0) is 43.2 Å². The number of nitrogens with zero attached hydrogens (tertiary/aromatic N) is 1. The van der Waals surface area contributed by atoms with Gasteiger partial charge in [0.05, 0.1) is 20.8 Å². The van der Waals surface area contributed by atoms with Crippen molar-refractivity contribution in [3.8, 4) is 0 Å². The Morgan fingerprint density at radius 2 is 2.19 bits per heavy atom. The van der Waals surface area contributed by atoms with E-state index in [1.54, 1.807) is 11.3 Å². The maximum Gasteiger partial charge on any atom is 0.0967 e. The minimum absolute atomic E-state index is 0.536. The van der Waals surface area contributed by atoms with E-state index in [0.717, 1.165) is 42.1 Å². The summed E-state index contributed by atoms with van der Waals surface area (Å²) in [6.45, 7) is 4.56. The van der Waals surface area contributed by atoms with Crippen molar-refractivity contribution >= 4 is 21.6 Å². The molecule has 1 aliphatic rings. The molecule has 0 aliphatic heterocycles. The molecule has 1 aromatic carbocycles. The summed E-state index contributed by atoms with van der Waals surface area (Å²) in [4.78, 5) is 4.70. The van der Waals surface area contributed by atoms with Crippen LogP contribution in [0.2, 0.25) is 0 Å². The third kappa shape index (κ3) is 3.64. The molecule has 3 rings (SSSR count). The van der Waals surface area contributed by atoms with Crippen molar-refractivity contribution in [1.82, 2.24) is 4.98 Å². The molecule has 1 saturated carbocycles. The average molecular weight is 303 g/mol. The minimum atomic E-state index is -0.536. The first-order valence-electron chi connectivity index (χ1n) is 8.11. The van der Waals surface area contributed by atoms with Crippen LogP contribution in [0.4, 0.5) is 0 Å². The fourth-order valence-electron chi connectivity index (χ4n) is 3.77. The number of fused-ring (bicyclic) bond motifs is 1. The number of hydrogen-bond acceptors (Lipinski definition) is 3. The minimum Gasteiger partial charge on any atom is -0.389 e. The van der Waals surface area contributed by atoms with Crippen molar-refractivity contribution in [2.45, 2.75) is 58.0 Å². The maximum atomic E-state index is 11.0. The standard InChI is InChI=1S/C18H25NOS/c1-13(2)10-14-6-5-9-18(20,11-14)12-17-19-15-7-3-4-8-16(15)21-17/h3-4,7-8,13-14,20H,5-6,9-12H2,1-2H3. The van der Waals surface area contributed by atoms with Gasteiger partial charge in [-0.1, -0.05) is 38.8 Å². The molecule has 2 nitrogen and oxygen atoms in total. The number of thiazole rings is 1. The van der Waals surface area contributed by atoms with Crippen molar-refractivity contribution in [3.63, 3.8) is 0 Å². The van der Waals surface area contributed by atoms with E-state index < -0.39 is 5.60 Å². The lowest BCUT2D eigenvalue weighted by atomic mass is 9.74. The molecule has 0 bridgehead atoms. The smallest absolute Gasteiger partial charge is 0.0967 e. The van der Waals surface area contributed by atoms with Crippen molar-refractivity contribution in [1.29, 1.82) is 0 Å². The highest BCUT2D eigenvalue weighted by Gasteiger charge is 2.35. The van der Waals surface area contributed by atoms with Crippen LogP contribution in [0.3, 0.4) is 0 Å². The number of rotatable bonds is 4. The number of benzene rings is 1. The van der Waals surface area contributed by atoms with Crippen LogP contribution in [-0.2, 0) is 6.42 Å². The third-order valence-corrected chi connectivity index (χ3v) is 5.58. The Morgan fingerprint density at radius 3 is 2.95 bits per heavy atom. The molecule has 0 spiro atoms. The van der Waals surface area contributed by atoms with E-state index in [4.69, 9.17) is 4.98 Å². The van der Waals surface area contributed by atoms with E-state index in [1.807, 2.05) is 6.07 Å². The summed E-state index contributed by atoms with van der Waals surface area (Å²) in [5, 5.41) is 12.1. The van der Waals surface area contributed by atoms with E-state index in [-0.39, 0.29) is 0 Å². The quantitative estimate of drug-likeness (QED) is 0.879. The van der Waals surface area contributed by atoms with Crippen LogP contribution in [0.5, 0.6) is 0 Å². The molecule has 114 valence electrons. The second-order valence-electron chi connectivity index (χ2n) is 7.07. The zero-order chi connectivity index (χ0) is 14.9.